The van der Waals surface area contributed by atoms with Crippen molar-refractivity contribution in [2.24, 2.45) is 0 Å². The topological polar surface area (TPSA) is 200 Å². The Balaban J connectivity index is 1.15. The van der Waals surface area contributed by atoms with Gasteiger partial charge < -0.3 is 46.4 Å². The number of aromatic nitrogens is 3. The van der Waals surface area contributed by atoms with E-state index in [1.54, 1.807) is 44.7 Å². The van der Waals surface area contributed by atoms with Crippen molar-refractivity contribution < 1.29 is 28.9 Å². The fourth-order valence-corrected chi connectivity index (χ4v) is 4.96. The van der Waals surface area contributed by atoms with E-state index in [1.165, 1.54) is 0 Å². The summed E-state index contributed by atoms with van der Waals surface area (Å²) in [6.45, 7) is 0.714. The number of ether oxygens (including phenoxy) is 3. The Morgan fingerprint density at radius 1 is 1.00 bits per heavy atom. The number of nitrogens with zero attached hydrogens (tertiary/aromatic N) is 2. The minimum absolute atomic E-state index is 0.109. The predicted octanol–water partition coefficient (Wildman–Crippen LogP) is 3.65. The van der Waals surface area contributed by atoms with Gasteiger partial charge in [-0.2, -0.15) is 4.98 Å². The summed E-state index contributed by atoms with van der Waals surface area (Å²) in [6, 6.07) is 18.9. The molecule has 8 N–H and O–H groups in total. The van der Waals surface area contributed by atoms with E-state index in [0.29, 0.717) is 47.2 Å². The second kappa shape index (κ2) is 14.2. The number of carbonyl (C=O) groups is 2. The number of anilines is 3. The summed E-state index contributed by atoms with van der Waals surface area (Å²) in [7, 11) is 3.09. The highest BCUT2D eigenvalue weighted by Crippen LogP contribution is 2.39. The molecule has 1 atom stereocenters. The van der Waals surface area contributed by atoms with Gasteiger partial charge in [0.25, 0.3) is 5.91 Å². The summed E-state index contributed by atoms with van der Waals surface area (Å²) < 4.78 is 17.2. The number of nitrogens with two attached hydrogens (primary N) is 2. The van der Waals surface area contributed by atoms with Gasteiger partial charge in [-0.1, -0.05) is 18.2 Å². The van der Waals surface area contributed by atoms with Crippen LogP contribution in [0.5, 0.6) is 17.2 Å². The molecule has 5 aromatic rings. The molecule has 0 bridgehead atoms. The molecule has 13 heteroatoms. The lowest BCUT2D eigenvalue weighted by Gasteiger charge is -2.17. The Labute approximate surface area is 264 Å². The summed E-state index contributed by atoms with van der Waals surface area (Å²) in [5.41, 5.74) is 15.9. The van der Waals surface area contributed by atoms with Crippen molar-refractivity contribution in [3.63, 3.8) is 0 Å². The highest BCUT2D eigenvalue weighted by atomic mass is 16.5. The number of aromatic amines is 1. The number of para-hydroxylation sites is 1. The van der Waals surface area contributed by atoms with E-state index in [-0.39, 0.29) is 19.0 Å². The average Bonchev–Trinajstić information content (AvgIpc) is 3.47. The predicted molar refractivity (Wildman–Crippen MR) is 175 cm³/mol. The number of methoxy groups -OCH3 is 2. The molecule has 238 valence electrons. The number of carboxylic acid groups (broad SMARTS) is 1. The smallest absolute Gasteiger partial charge is 0.326 e. The molecular formula is C33H35N7O6. The Kier molecular flexibility index (Phi) is 9.71. The van der Waals surface area contributed by atoms with Gasteiger partial charge in [0, 0.05) is 53.6 Å². The number of carboxylic acids is 1. The van der Waals surface area contributed by atoms with Crippen molar-refractivity contribution >= 4 is 40.2 Å². The van der Waals surface area contributed by atoms with Crippen molar-refractivity contribution in [1.82, 2.24) is 20.3 Å². The summed E-state index contributed by atoms with van der Waals surface area (Å²) in [6.07, 6.45) is 2.15. The van der Waals surface area contributed by atoms with Gasteiger partial charge in [-0.05, 0) is 59.5 Å². The van der Waals surface area contributed by atoms with Crippen LogP contribution in [0.15, 0.2) is 72.9 Å². The number of H-pyrrole nitrogens is 1. The molecule has 0 aliphatic carbocycles. The van der Waals surface area contributed by atoms with Crippen LogP contribution in [-0.4, -0.2) is 65.3 Å². The van der Waals surface area contributed by atoms with Crippen LogP contribution in [0.4, 0.5) is 17.5 Å². The lowest BCUT2D eigenvalue weighted by molar-refractivity contribution is -0.139. The zero-order chi connectivity index (χ0) is 32.6. The monoisotopic (exact) mass is 625 g/mol. The summed E-state index contributed by atoms with van der Waals surface area (Å²) in [5, 5.41) is 16.6. The summed E-state index contributed by atoms with van der Waals surface area (Å²) >= 11 is 0. The van der Waals surface area contributed by atoms with Gasteiger partial charge in [-0.25, -0.2) is 9.78 Å². The van der Waals surface area contributed by atoms with Crippen molar-refractivity contribution in [3.05, 3.63) is 95.3 Å². The van der Waals surface area contributed by atoms with Gasteiger partial charge in [-0.15, -0.1) is 0 Å². The van der Waals surface area contributed by atoms with Crippen LogP contribution in [0.2, 0.25) is 0 Å². The van der Waals surface area contributed by atoms with Gasteiger partial charge in [0.1, 0.15) is 18.5 Å². The van der Waals surface area contributed by atoms with Gasteiger partial charge in [-0.3, -0.25) is 4.79 Å². The van der Waals surface area contributed by atoms with Crippen LogP contribution in [0, 0.1) is 0 Å². The maximum atomic E-state index is 12.9. The summed E-state index contributed by atoms with van der Waals surface area (Å²) in [5.74, 6) is 0.243. The van der Waals surface area contributed by atoms with Crippen molar-refractivity contribution in [2.75, 3.05) is 44.2 Å². The number of fused-ring (bicyclic) bond motifs is 1. The number of amides is 1. The van der Waals surface area contributed by atoms with Gasteiger partial charge in [0.2, 0.25) is 11.7 Å². The lowest BCUT2D eigenvalue weighted by Crippen LogP contribution is -2.42. The number of nitrogens with one attached hydrogen (secondary N) is 3. The van der Waals surface area contributed by atoms with Gasteiger partial charge >= 0.3 is 5.97 Å². The third kappa shape index (κ3) is 7.56. The van der Waals surface area contributed by atoms with E-state index in [2.05, 4.69) is 25.6 Å². The van der Waals surface area contributed by atoms with E-state index in [1.807, 2.05) is 42.5 Å². The molecule has 3 aromatic carbocycles. The highest BCUT2D eigenvalue weighted by molar-refractivity contribution is 5.97. The first kappa shape index (κ1) is 31.4. The molecule has 2 aromatic heterocycles. The molecule has 0 fully saturated rings. The van der Waals surface area contributed by atoms with Gasteiger partial charge in [0.05, 0.1) is 14.2 Å². The third-order valence-corrected chi connectivity index (χ3v) is 7.27. The number of hydrogen-bond donors (Lipinski definition) is 6. The molecule has 0 aliphatic heterocycles. The number of hydrogen-bond acceptors (Lipinski definition) is 10. The van der Waals surface area contributed by atoms with E-state index >= 15 is 0 Å². The van der Waals surface area contributed by atoms with E-state index in [4.69, 9.17) is 25.7 Å². The lowest BCUT2D eigenvalue weighted by atomic mass is 10.1. The Morgan fingerprint density at radius 2 is 1.72 bits per heavy atom. The number of carbonyl (C=O) groups excluding carboxylic acids is 1. The zero-order valence-electron chi connectivity index (χ0n) is 25.4. The Bertz CT molecular complexity index is 1780. The molecule has 13 nitrogen and oxygen atoms in total. The first-order valence-electron chi connectivity index (χ1n) is 14.4. The first-order chi connectivity index (χ1) is 22.2. The van der Waals surface area contributed by atoms with E-state index < -0.39 is 17.9 Å². The molecule has 0 aliphatic rings. The van der Waals surface area contributed by atoms with Crippen LogP contribution in [0.1, 0.15) is 27.2 Å². The van der Waals surface area contributed by atoms with Crippen LogP contribution in [0.25, 0.3) is 10.9 Å². The molecular weight excluding hydrogens is 590 g/mol. The highest BCUT2D eigenvalue weighted by Gasteiger charge is 2.22. The van der Waals surface area contributed by atoms with Crippen molar-refractivity contribution in [2.45, 2.75) is 18.9 Å². The van der Waals surface area contributed by atoms with Crippen molar-refractivity contribution in [1.29, 1.82) is 0 Å². The minimum Gasteiger partial charge on any atom is -0.493 e. The average molecular weight is 626 g/mol. The van der Waals surface area contributed by atoms with Crippen LogP contribution in [0.3, 0.4) is 0 Å². The van der Waals surface area contributed by atoms with Crippen LogP contribution >= 0.6 is 0 Å². The molecule has 46 heavy (non-hydrogen) atoms. The normalized spacial score (nSPS) is 11.5. The van der Waals surface area contributed by atoms with Crippen molar-refractivity contribution in [3.8, 4) is 17.2 Å². The summed E-state index contributed by atoms with van der Waals surface area (Å²) in [4.78, 5) is 36.0. The molecule has 1 unspecified atom stereocenters. The minimum atomic E-state index is -1.12. The van der Waals surface area contributed by atoms with Crippen LogP contribution < -0.4 is 36.3 Å². The molecule has 0 radical (unpaired) electrons. The SMILES string of the molecule is COc1cc(Cc2cnc(N)nc2N)cc(OC)c1OCCNc1ccc(C(=O)NC(Cc2cc3ccccc3[nH]2)C(=O)O)cc1. The van der Waals surface area contributed by atoms with Gasteiger partial charge in [0.15, 0.2) is 11.5 Å². The standard InChI is InChI=1S/C33H35N7O6/c1-44-27-14-19(13-22-18-37-33(35)40-30(22)34)15-28(45-2)29(27)46-12-11-36-23-9-7-20(8-10-23)31(41)39-26(32(42)43)17-24-16-21-5-3-4-6-25(21)38-24/h3-10,14-16,18,26,36,38H,11-13,17H2,1-2H3,(H,39,41)(H,42,43)(H4,34,35,37,40). The fourth-order valence-electron chi connectivity index (χ4n) is 4.96. The molecule has 1 amide bonds. The number of rotatable bonds is 14. The second-order valence-corrected chi connectivity index (χ2v) is 10.4. The third-order valence-electron chi connectivity index (χ3n) is 7.27. The number of aliphatic carboxylic acids is 1. The second-order valence-electron chi connectivity index (χ2n) is 10.4. The van der Waals surface area contributed by atoms with Crippen LogP contribution in [-0.2, 0) is 17.6 Å². The maximum absolute atomic E-state index is 12.9. The zero-order valence-corrected chi connectivity index (χ0v) is 25.4. The Hall–Kier alpha value is -5.98. The molecule has 5 rings (SSSR count). The maximum Gasteiger partial charge on any atom is 0.326 e. The number of nitrogen functional groups attached to an aromatic ring is 2. The fraction of sp³-hybridized carbons (Fsp3) is 0.212. The van der Waals surface area contributed by atoms with E-state index in [9.17, 15) is 14.7 Å². The molecule has 0 saturated heterocycles. The first-order valence-corrected chi connectivity index (χ1v) is 14.4. The number of benzene rings is 3. The largest absolute Gasteiger partial charge is 0.493 e. The van der Waals surface area contributed by atoms with E-state index in [0.717, 1.165) is 27.8 Å². The Morgan fingerprint density at radius 3 is 2.37 bits per heavy atom. The quantitative estimate of drug-likeness (QED) is 0.0984. The molecule has 0 saturated carbocycles. The molecule has 0 spiro atoms. The molecule has 2 heterocycles.